The van der Waals surface area contributed by atoms with Gasteiger partial charge in [0.15, 0.2) is 0 Å². The summed E-state index contributed by atoms with van der Waals surface area (Å²) >= 11 is 0. The van der Waals surface area contributed by atoms with Gasteiger partial charge in [0.1, 0.15) is 11.4 Å². The number of aliphatic hydroxyl groups excluding tert-OH is 1. The summed E-state index contributed by atoms with van der Waals surface area (Å²) in [7, 11) is 0. The van der Waals surface area contributed by atoms with Gasteiger partial charge >= 0.3 is 6.18 Å². The minimum Gasteiger partial charge on any atom is -0.493 e. The van der Waals surface area contributed by atoms with Crippen LogP contribution in [-0.4, -0.2) is 36.7 Å². The molecule has 32 heavy (non-hydrogen) atoms. The molecular weight excluding hydrogens is 425 g/mol. The second kappa shape index (κ2) is 11.3. The third-order valence-electron chi connectivity index (χ3n) is 4.14. The Balaban J connectivity index is 2.20. The number of amides is 2. The van der Waals surface area contributed by atoms with Crippen molar-refractivity contribution in [2.75, 3.05) is 19.8 Å². The van der Waals surface area contributed by atoms with Crippen LogP contribution in [0.3, 0.4) is 0 Å². The molecule has 0 heterocycles. The minimum atomic E-state index is -4.48. The van der Waals surface area contributed by atoms with E-state index in [0.717, 1.165) is 12.1 Å². The zero-order valence-corrected chi connectivity index (χ0v) is 17.7. The second-order valence-electron chi connectivity index (χ2n) is 7.34. The normalized spacial score (nSPS) is 11.9. The topological polar surface area (TPSA) is 87.7 Å². The van der Waals surface area contributed by atoms with E-state index in [1.54, 1.807) is 12.1 Å². The quantitative estimate of drug-likeness (QED) is 0.510. The van der Waals surface area contributed by atoms with E-state index in [1.165, 1.54) is 30.3 Å². The van der Waals surface area contributed by atoms with Crippen LogP contribution in [0.25, 0.3) is 6.08 Å². The van der Waals surface area contributed by atoms with Crippen LogP contribution in [0, 0.1) is 5.92 Å². The van der Waals surface area contributed by atoms with Gasteiger partial charge in [0.25, 0.3) is 11.8 Å². The molecule has 3 N–H and O–H groups in total. The summed E-state index contributed by atoms with van der Waals surface area (Å²) in [5.74, 6) is -0.341. The van der Waals surface area contributed by atoms with Crippen LogP contribution >= 0.6 is 0 Å². The summed E-state index contributed by atoms with van der Waals surface area (Å²) < 4.78 is 43.8. The molecule has 0 aliphatic rings. The van der Waals surface area contributed by atoms with Crippen molar-refractivity contribution in [3.8, 4) is 5.75 Å². The molecule has 6 nitrogen and oxygen atoms in total. The molecule has 0 saturated heterocycles. The molecule has 9 heteroatoms. The summed E-state index contributed by atoms with van der Waals surface area (Å²) in [6.45, 7) is 4.17. The molecule has 0 unspecified atom stereocenters. The van der Waals surface area contributed by atoms with Gasteiger partial charge in [-0.05, 0) is 54.0 Å². The Morgan fingerprint density at radius 3 is 2.22 bits per heavy atom. The highest BCUT2D eigenvalue weighted by atomic mass is 19.4. The number of alkyl halides is 3. The Morgan fingerprint density at radius 2 is 1.69 bits per heavy atom. The maximum Gasteiger partial charge on any atom is 0.416 e. The number of benzene rings is 2. The second-order valence-corrected chi connectivity index (χ2v) is 7.34. The van der Waals surface area contributed by atoms with Crippen molar-refractivity contribution in [2.45, 2.75) is 20.0 Å². The smallest absolute Gasteiger partial charge is 0.416 e. The fourth-order valence-electron chi connectivity index (χ4n) is 2.52. The molecule has 0 radical (unpaired) electrons. The Labute approximate surface area is 184 Å². The first-order chi connectivity index (χ1) is 15.1. The van der Waals surface area contributed by atoms with Crippen molar-refractivity contribution in [2.24, 2.45) is 5.92 Å². The van der Waals surface area contributed by atoms with E-state index in [2.05, 4.69) is 10.6 Å². The molecular formula is C23H25F3N2O4. The number of carbonyl (C=O) groups excluding carboxylic acids is 2. The van der Waals surface area contributed by atoms with Crippen LogP contribution in [0.5, 0.6) is 5.75 Å². The van der Waals surface area contributed by atoms with Gasteiger partial charge < -0.3 is 20.5 Å². The lowest BCUT2D eigenvalue weighted by Crippen LogP contribution is -2.36. The van der Waals surface area contributed by atoms with E-state index >= 15 is 0 Å². The van der Waals surface area contributed by atoms with Crippen molar-refractivity contribution >= 4 is 17.9 Å². The van der Waals surface area contributed by atoms with Crippen LogP contribution in [0.1, 0.15) is 35.3 Å². The SMILES string of the molecule is CC(C)COc1ccc(C(=O)NC(=Cc2ccc(C(F)(F)F)cc2)C(=O)NCCO)cc1. The number of nitrogens with one attached hydrogen (secondary N) is 2. The number of hydrogen-bond acceptors (Lipinski definition) is 4. The van der Waals surface area contributed by atoms with Crippen molar-refractivity contribution in [3.05, 3.63) is 70.9 Å². The highest BCUT2D eigenvalue weighted by Gasteiger charge is 2.29. The van der Waals surface area contributed by atoms with Crippen LogP contribution in [0.2, 0.25) is 0 Å². The largest absolute Gasteiger partial charge is 0.493 e. The standard InChI is InChI=1S/C23H25F3N2O4/c1-15(2)14-32-19-9-5-17(6-10-19)21(30)28-20(22(31)27-11-12-29)13-16-3-7-18(8-4-16)23(24,25)26/h3-10,13,15,29H,11-12,14H2,1-2H3,(H,27,31)(H,28,30). The molecule has 0 aromatic heterocycles. The van der Waals surface area contributed by atoms with E-state index in [9.17, 15) is 22.8 Å². The Hall–Kier alpha value is -3.33. The summed E-state index contributed by atoms with van der Waals surface area (Å²) in [6.07, 6.45) is -3.23. The highest BCUT2D eigenvalue weighted by molar-refractivity contribution is 6.05. The van der Waals surface area contributed by atoms with Crippen LogP contribution in [0.4, 0.5) is 13.2 Å². The Kier molecular flexibility index (Phi) is 8.83. The summed E-state index contributed by atoms with van der Waals surface area (Å²) in [6, 6.07) is 10.5. The van der Waals surface area contributed by atoms with Crippen molar-refractivity contribution in [1.82, 2.24) is 10.6 Å². The first kappa shape index (κ1) is 24.9. The third kappa shape index (κ3) is 7.73. The number of aliphatic hydroxyl groups is 1. The van der Waals surface area contributed by atoms with Crippen LogP contribution < -0.4 is 15.4 Å². The van der Waals surface area contributed by atoms with E-state index in [0.29, 0.717) is 18.3 Å². The van der Waals surface area contributed by atoms with Crippen molar-refractivity contribution in [1.29, 1.82) is 0 Å². The number of carbonyl (C=O) groups is 2. The van der Waals surface area contributed by atoms with Crippen LogP contribution in [0.15, 0.2) is 54.2 Å². The fourth-order valence-corrected chi connectivity index (χ4v) is 2.52. The van der Waals surface area contributed by atoms with E-state index in [-0.39, 0.29) is 30.0 Å². The molecule has 0 saturated carbocycles. The Bertz CT molecular complexity index is 937. The maximum absolute atomic E-state index is 12.8. The zero-order chi connectivity index (χ0) is 23.7. The highest BCUT2D eigenvalue weighted by Crippen LogP contribution is 2.29. The monoisotopic (exact) mass is 450 g/mol. The molecule has 0 atom stereocenters. The van der Waals surface area contributed by atoms with Crippen molar-refractivity contribution in [3.63, 3.8) is 0 Å². The fraction of sp³-hybridized carbons (Fsp3) is 0.304. The van der Waals surface area contributed by atoms with Gasteiger partial charge in [0.2, 0.25) is 0 Å². The lowest BCUT2D eigenvalue weighted by molar-refractivity contribution is -0.137. The first-order valence-electron chi connectivity index (χ1n) is 9.92. The number of ether oxygens (including phenoxy) is 1. The van der Waals surface area contributed by atoms with E-state index < -0.39 is 23.6 Å². The molecule has 0 fully saturated rings. The molecule has 0 bridgehead atoms. The molecule has 2 rings (SSSR count). The van der Waals surface area contributed by atoms with Gasteiger partial charge in [-0.2, -0.15) is 13.2 Å². The van der Waals surface area contributed by atoms with Gasteiger partial charge in [-0.3, -0.25) is 9.59 Å². The summed E-state index contributed by atoms with van der Waals surface area (Å²) in [5, 5.41) is 13.8. The van der Waals surface area contributed by atoms with Gasteiger partial charge in [0.05, 0.1) is 18.8 Å². The molecule has 2 amide bonds. The summed E-state index contributed by atoms with van der Waals surface area (Å²) in [4.78, 5) is 25.0. The lowest BCUT2D eigenvalue weighted by Gasteiger charge is -2.12. The first-order valence-corrected chi connectivity index (χ1v) is 9.92. The van der Waals surface area contributed by atoms with E-state index in [4.69, 9.17) is 9.84 Å². The number of halogens is 3. The average molecular weight is 450 g/mol. The predicted octanol–water partition coefficient (Wildman–Crippen LogP) is 3.62. The molecule has 0 spiro atoms. The third-order valence-corrected chi connectivity index (χ3v) is 4.14. The van der Waals surface area contributed by atoms with Crippen LogP contribution in [-0.2, 0) is 11.0 Å². The molecule has 0 aliphatic heterocycles. The lowest BCUT2D eigenvalue weighted by atomic mass is 10.1. The zero-order valence-electron chi connectivity index (χ0n) is 17.7. The van der Waals surface area contributed by atoms with Crippen molar-refractivity contribution < 1.29 is 32.6 Å². The van der Waals surface area contributed by atoms with Gasteiger partial charge in [-0.1, -0.05) is 26.0 Å². The summed E-state index contributed by atoms with van der Waals surface area (Å²) in [5.41, 5.74) is -0.465. The van der Waals surface area contributed by atoms with Gasteiger partial charge in [-0.25, -0.2) is 0 Å². The van der Waals surface area contributed by atoms with Gasteiger partial charge in [0, 0.05) is 12.1 Å². The maximum atomic E-state index is 12.8. The molecule has 2 aromatic carbocycles. The minimum absolute atomic E-state index is 0.0546. The Morgan fingerprint density at radius 1 is 1.06 bits per heavy atom. The number of hydrogen-bond donors (Lipinski definition) is 3. The average Bonchev–Trinajstić information content (AvgIpc) is 2.75. The predicted molar refractivity (Wildman–Crippen MR) is 114 cm³/mol. The van der Waals surface area contributed by atoms with E-state index in [1.807, 2.05) is 13.8 Å². The number of rotatable bonds is 9. The molecule has 172 valence electrons. The molecule has 0 aliphatic carbocycles. The van der Waals surface area contributed by atoms with Gasteiger partial charge in [-0.15, -0.1) is 0 Å². The molecule has 2 aromatic rings.